The minimum absolute atomic E-state index is 0.166. The van der Waals surface area contributed by atoms with E-state index in [0.29, 0.717) is 24.7 Å². The fourth-order valence-corrected chi connectivity index (χ4v) is 3.14. The normalized spacial score (nSPS) is 10.9. The predicted molar refractivity (Wildman–Crippen MR) is 105 cm³/mol. The molecule has 0 amide bonds. The largest absolute Gasteiger partial charge is 0.339 e. The summed E-state index contributed by atoms with van der Waals surface area (Å²) in [5.41, 5.74) is 2.39. The highest BCUT2D eigenvalue weighted by atomic mass is 79.9. The van der Waals surface area contributed by atoms with Crippen molar-refractivity contribution in [2.75, 3.05) is 0 Å². The summed E-state index contributed by atoms with van der Waals surface area (Å²) in [6.45, 7) is 0.358. The van der Waals surface area contributed by atoms with Crippen molar-refractivity contribution in [3.8, 4) is 22.6 Å². The zero-order valence-corrected chi connectivity index (χ0v) is 15.8. The highest BCUT2D eigenvalue weighted by Gasteiger charge is 2.12. The summed E-state index contributed by atoms with van der Waals surface area (Å²) in [5, 5.41) is 8.47. The zero-order valence-electron chi connectivity index (χ0n) is 14.2. The van der Waals surface area contributed by atoms with E-state index in [1.54, 1.807) is 6.07 Å². The molecule has 0 saturated heterocycles. The maximum Gasteiger partial charge on any atom is 0.266 e. The van der Waals surface area contributed by atoms with E-state index in [4.69, 9.17) is 4.52 Å². The molecule has 2 heterocycles. The number of aromatic nitrogens is 4. The molecule has 2 aromatic carbocycles. The molecule has 0 N–H and O–H groups in total. The van der Waals surface area contributed by atoms with Crippen LogP contribution in [0.25, 0.3) is 22.6 Å². The molecular formula is C20H15BrN4O2. The zero-order chi connectivity index (χ0) is 18.6. The van der Waals surface area contributed by atoms with E-state index in [-0.39, 0.29) is 5.56 Å². The molecule has 0 radical (unpaired) electrons. The fourth-order valence-electron chi connectivity index (χ4n) is 2.68. The monoisotopic (exact) mass is 422 g/mol. The van der Waals surface area contributed by atoms with Crippen molar-refractivity contribution < 1.29 is 4.52 Å². The van der Waals surface area contributed by atoms with Gasteiger partial charge in [-0.15, -0.1) is 0 Å². The third kappa shape index (κ3) is 3.88. The fraction of sp³-hybridized carbons (Fsp3) is 0.100. The van der Waals surface area contributed by atoms with Crippen LogP contribution in [0.4, 0.5) is 0 Å². The highest BCUT2D eigenvalue weighted by Crippen LogP contribution is 2.25. The Morgan fingerprint density at radius 3 is 2.56 bits per heavy atom. The quantitative estimate of drug-likeness (QED) is 0.486. The van der Waals surface area contributed by atoms with Crippen molar-refractivity contribution in [3.05, 3.63) is 87.4 Å². The molecule has 0 unspecified atom stereocenters. The molecule has 2 aromatic heterocycles. The number of benzene rings is 2. The number of rotatable bonds is 5. The average molecular weight is 423 g/mol. The first-order chi connectivity index (χ1) is 13.2. The van der Waals surface area contributed by atoms with Gasteiger partial charge in [0, 0.05) is 28.1 Å². The van der Waals surface area contributed by atoms with E-state index in [0.717, 1.165) is 21.3 Å². The van der Waals surface area contributed by atoms with Gasteiger partial charge in [-0.05, 0) is 18.2 Å². The molecule has 4 aromatic rings. The average Bonchev–Trinajstić information content (AvgIpc) is 3.17. The predicted octanol–water partition coefficient (Wildman–Crippen LogP) is 3.97. The summed E-state index contributed by atoms with van der Waals surface area (Å²) in [6.07, 6.45) is 0.419. The molecule has 27 heavy (non-hydrogen) atoms. The molecule has 0 atom stereocenters. The van der Waals surface area contributed by atoms with Crippen LogP contribution in [0.3, 0.4) is 0 Å². The second-order valence-corrected chi connectivity index (χ2v) is 6.74. The third-order valence-electron chi connectivity index (χ3n) is 4.06. The van der Waals surface area contributed by atoms with Crippen LogP contribution in [-0.4, -0.2) is 19.9 Å². The van der Waals surface area contributed by atoms with Gasteiger partial charge in [-0.2, -0.15) is 10.1 Å². The number of hydrogen-bond donors (Lipinski definition) is 0. The van der Waals surface area contributed by atoms with Crippen molar-refractivity contribution in [3.63, 3.8) is 0 Å². The molecule has 0 fully saturated rings. The Bertz CT molecular complexity index is 1120. The van der Waals surface area contributed by atoms with Crippen LogP contribution in [0.5, 0.6) is 0 Å². The van der Waals surface area contributed by atoms with Crippen molar-refractivity contribution in [2.24, 2.45) is 0 Å². The van der Waals surface area contributed by atoms with Gasteiger partial charge in [0.15, 0.2) is 0 Å². The summed E-state index contributed by atoms with van der Waals surface area (Å²) in [4.78, 5) is 16.5. The van der Waals surface area contributed by atoms with Gasteiger partial charge in [0.2, 0.25) is 11.7 Å². The molecule has 0 saturated carbocycles. The molecule has 0 aliphatic carbocycles. The van der Waals surface area contributed by atoms with Crippen LogP contribution >= 0.6 is 15.9 Å². The topological polar surface area (TPSA) is 73.8 Å². The Balaban J connectivity index is 1.53. The lowest BCUT2D eigenvalue weighted by Crippen LogP contribution is -2.23. The van der Waals surface area contributed by atoms with Crippen LogP contribution in [0.1, 0.15) is 5.89 Å². The number of nitrogens with zero attached hydrogens (tertiary/aromatic N) is 4. The van der Waals surface area contributed by atoms with Gasteiger partial charge in [0.25, 0.3) is 5.56 Å². The Morgan fingerprint density at radius 1 is 0.963 bits per heavy atom. The van der Waals surface area contributed by atoms with Crippen LogP contribution in [-0.2, 0) is 13.0 Å². The van der Waals surface area contributed by atoms with Crippen molar-refractivity contribution in [1.29, 1.82) is 0 Å². The standard InChI is InChI=1S/C20H15BrN4O2/c21-16-9-5-4-8-15(16)20-22-18(27-24-20)12-13-25-19(26)11-10-17(23-25)14-6-2-1-3-7-14/h1-11H,12-13H2. The minimum Gasteiger partial charge on any atom is -0.339 e. The molecule has 0 aliphatic rings. The molecular weight excluding hydrogens is 408 g/mol. The number of hydrogen-bond acceptors (Lipinski definition) is 5. The molecule has 7 heteroatoms. The Labute approximate surface area is 163 Å². The smallest absolute Gasteiger partial charge is 0.266 e. The third-order valence-corrected chi connectivity index (χ3v) is 4.75. The number of halogens is 1. The van der Waals surface area contributed by atoms with Gasteiger partial charge in [0.05, 0.1) is 12.2 Å². The second-order valence-electron chi connectivity index (χ2n) is 5.89. The van der Waals surface area contributed by atoms with Gasteiger partial charge in [-0.3, -0.25) is 4.79 Å². The first-order valence-corrected chi connectivity index (χ1v) is 9.21. The molecule has 4 rings (SSSR count). The van der Waals surface area contributed by atoms with E-state index in [1.807, 2.05) is 54.6 Å². The summed E-state index contributed by atoms with van der Waals surface area (Å²) >= 11 is 3.48. The van der Waals surface area contributed by atoms with Crippen LogP contribution in [0, 0.1) is 0 Å². The molecule has 0 bridgehead atoms. The number of aryl methyl sites for hydroxylation is 2. The van der Waals surface area contributed by atoms with Crippen LogP contribution in [0.15, 0.2) is 80.5 Å². The van der Waals surface area contributed by atoms with E-state index in [2.05, 4.69) is 31.2 Å². The van der Waals surface area contributed by atoms with Crippen molar-refractivity contribution in [2.45, 2.75) is 13.0 Å². The molecule has 0 spiro atoms. The van der Waals surface area contributed by atoms with E-state index < -0.39 is 0 Å². The molecule has 6 nitrogen and oxygen atoms in total. The summed E-state index contributed by atoms with van der Waals surface area (Å²) in [7, 11) is 0. The first-order valence-electron chi connectivity index (χ1n) is 8.42. The molecule has 0 aliphatic heterocycles. The van der Waals surface area contributed by atoms with Gasteiger partial charge >= 0.3 is 0 Å². The second kappa shape index (κ2) is 7.67. The van der Waals surface area contributed by atoms with Crippen molar-refractivity contribution >= 4 is 15.9 Å². The summed E-state index contributed by atoms with van der Waals surface area (Å²) in [5.74, 6) is 0.968. The van der Waals surface area contributed by atoms with Gasteiger partial charge in [0.1, 0.15) is 0 Å². The maximum atomic E-state index is 12.1. The Morgan fingerprint density at radius 2 is 1.74 bits per heavy atom. The summed E-state index contributed by atoms with van der Waals surface area (Å²) in [6, 6.07) is 20.7. The Kier molecular flexibility index (Phi) is 4.93. The van der Waals surface area contributed by atoms with Gasteiger partial charge in [-0.1, -0.05) is 63.6 Å². The van der Waals surface area contributed by atoms with Gasteiger partial charge in [-0.25, -0.2) is 4.68 Å². The highest BCUT2D eigenvalue weighted by molar-refractivity contribution is 9.10. The van der Waals surface area contributed by atoms with E-state index >= 15 is 0 Å². The first kappa shape index (κ1) is 17.4. The van der Waals surface area contributed by atoms with E-state index in [9.17, 15) is 4.79 Å². The van der Waals surface area contributed by atoms with Crippen LogP contribution < -0.4 is 5.56 Å². The molecule has 134 valence electrons. The van der Waals surface area contributed by atoms with Crippen molar-refractivity contribution in [1.82, 2.24) is 19.9 Å². The lowest BCUT2D eigenvalue weighted by Gasteiger charge is -2.05. The van der Waals surface area contributed by atoms with E-state index in [1.165, 1.54) is 10.7 Å². The summed E-state index contributed by atoms with van der Waals surface area (Å²) < 4.78 is 7.64. The lowest BCUT2D eigenvalue weighted by molar-refractivity contribution is 0.367. The Hall–Kier alpha value is -3.06. The maximum absolute atomic E-state index is 12.1. The van der Waals surface area contributed by atoms with Crippen LogP contribution in [0.2, 0.25) is 0 Å². The lowest BCUT2D eigenvalue weighted by atomic mass is 10.1. The van der Waals surface area contributed by atoms with Gasteiger partial charge < -0.3 is 4.52 Å². The minimum atomic E-state index is -0.166. The SMILES string of the molecule is O=c1ccc(-c2ccccc2)nn1CCc1nc(-c2ccccc2Br)no1.